The summed E-state index contributed by atoms with van der Waals surface area (Å²) < 4.78 is 26.2. The van der Waals surface area contributed by atoms with Gasteiger partial charge in [-0.15, -0.1) is 0 Å². The summed E-state index contributed by atoms with van der Waals surface area (Å²) in [7, 11) is -1.96. The Balaban J connectivity index is 2.38. The molecule has 0 saturated heterocycles. The number of hydrogen-bond acceptors (Lipinski definition) is 4. The minimum Gasteiger partial charge on any atom is -0.478 e. The van der Waals surface area contributed by atoms with E-state index in [2.05, 4.69) is 5.10 Å². The fraction of sp³-hybridized carbons (Fsp3) is 0.231. The van der Waals surface area contributed by atoms with E-state index >= 15 is 0 Å². The smallest absolute Gasteiger partial charge is 0.337 e. The van der Waals surface area contributed by atoms with Gasteiger partial charge in [-0.2, -0.15) is 5.10 Å². The van der Waals surface area contributed by atoms with E-state index < -0.39 is 15.8 Å². The second kappa shape index (κ2) is 5.50. The molecule has 0 atom stereocenters. The Labute approximate surface area is 126 Å². The second-order valence-corrected chi connectivity index (χ2v) is 7.00. The molecular formula is C13H13ClN2O4S. The summed E-state index contributed by atoms with van der Waals surface area (Å²) in [5.74, 6) is -1.43. The molecule has 1 aromatic carbocycles. The molecule has 112 valence electrons. The summed E-state index contributed by atoms with van der Waals surface area (Å²) in [6.07, 6.45) is 0. The maximum absolute atomic E-state index is 12.3. The number of carboxylic acids is 1. The molecule has 1 aromatic heterocycles. The highest BCUT2D eigenvalue weighted by atomic mass is 35.5. The van der Waals surface area contributed by atoms with Crippen molar-refractivity contribution in [2.75, 3.05) is 0 Å². The summed E-state index contributed by atoms with van der Waals surface area (Å²) in [5, 5.41) is 12.9. The first-order valence-corrected chi connectivity index (χ1v) is 7.99. The van der Waals surface area contributed by atoms with Crippen LogP contribution in [0.1, 0.15) is 21.7 Å². The number of sulfone groups is 1. The lowest BCUT2D eigenvalue weighted by Crippen LogP contribution is -2.09. The Kier molecular flexibility index (Phi) is 4.06. The maximum atomic E-state index is 12.3. The molecule has 0 saturated carbocycles. The molecule has 0 aliphatic rings. The summed E-state index contributed by atoms with van der Waals surface area (Å²) in [5.41, 5.74) is 1.14. The van der Waals surface area contributed by atoms with Gasteiger partial charge >= 0.3 is 5.97 Å². The van der Waals surface area contributed by atoms with Gasteiger partial charge in [0.25, 0.3) is 0 Å². The molecule has 2 rings (SSSR count). The summed E-state index contributed by atoms with van der Waals surface area (Å²) >= 11 is 5.81. The average Bonchev–Trinajstić information content (AvgIpc) is 2.66. The predicted octanol–water partition coefficient (Wildman–Crippen LogP) is 2.05. The molecular weight excluding hydrogens is 316 g/mol. The lowest BCUT2D eigenvalue weighted by molar-refractivity contribution is 0.0697. The molecule has 21 heavy (non-hydrogen) atoms. The average molecular weight is 329 g/mol. The minimum absolute atomic E-state index is 0.0173. The number of aryl methyl sites for hydroxylation is 2. The number of rotatable bonds is 4. The number of halogens is 1. The highest BCUT2D eigenvalue weighted by molar-refractivity contribution is 7.90. The monoisotopic (exact) mass is 328 g/mol. The number of aromatic nitrogens is 2. The second-order valence-electron chi connectivity index (χ2n) is 4.61. The van der Waals surface area contributed by atoms with Crippen LogP contribution in [0.15, 0.2) is 29.2 Å². The zero-order chi connectivity index (χ0) is 15.8. The number of nitrogens with zero attached hydrogens (tertiary/aromatic N) is 2. The van der Waals surface area contributed by atoms with Gasteiger partial charge in [-0.3, -0.25) is 4.68 Å². The van der Waals surface area contributed by atoms with Crippen molar-refractivity contribution in [2.45, 2.75) is 17.6 Å². The van der Waals surface area contributed by atoms with Gasteiger partial charge in [0, 0.05) is 7.05 Å². The first kappa shape index (κ1) is 15.5. The van der Waals surface area contributed by atoms with Crippen LogP contribution < -0.4 is 0 Å². The van der Waals surface area contributed by atoms with Gasteiger partial charge in [0.15, 0.2) is 9.84 Å². The van der Waals surface area contributed by atoms with E-state index in [1.807, 2.05) is 0 Å². The molecule has 0 fully saturated rings. The molecule has 0 aliphatic heterocycles. The van der Waals surface area contributed by atoms with Gasteiger partial charge in [-0.1, -0.05) is 11.6 Å². The van der Waals surface area contributed by atoms with Crippen LogP contribution in [0.2, 0.25) is 5.02 Å². The number of benzene rings is 1. The molecule has 0 bridgehead atoms. The largest absolute Gasteiger partial charge is 0.478 e. The zero-order valence-corrected chi connectivity index (χ0v) is 12.9. The minimum atomic E-state index is -3.63. The van der Waals surface area contributed by atoms with Crippen molar-refractivity contribution in [3.05, 3.63) is 46.2 Å². The molecule has 1 heterocycles. The zero-order valence-electron chi connectivity index (χ0n) is 11.4. The van der Waals surface area contributed by atoms with Crippen LogP contribution in [0, 0.1) is 6.92 Å². The molecule has 0 aliphatic carbocycles. The molecule has 0 spiro atoms. The standard InChI is InChI=1S/C13H13ClN2O4S/c1-8-5-9(16(2)15-8)7-21(19,20)10-3-4-11(13(17)18)12(14)6-10/h3-6H,7H2,1-2H3,(H,17,18). The molecule has 2 aromatic rings. The molecule has 8 heteroatoms. The molecule has 1 N–H and O–H groups in total. The highest BCUT2D eigenvalue weighted by Crippen LogP contribution is 2.23. The third kappa shape index (κ3) is 3.25. The van der Waals surface area contributed by atoms with E-state index in [4.69, 9.17) is 16.7 Å². The Morgan fingerprint density at radius 2 is 2.05 bits per heavy atom. The first-order valence-electron chi connectivity index (χ1n) is 5.96. The Morgan fingerprint density at radius 1 is 1.38 bits per heavy atom. The van der Waals surface area contributed by atoms with Crippen molar-refractivity contribution < 1.29 is 18.3 Å². The molecule has 0 radical (unpaired) electrons. The van der Waals surface area contributed by atoms with Crippen molar-refractivity contribution in [3.8, 4) is 0 Å². The SMILES string of the molecule is Cc1cc(CS(=O)(=O)c2ccc(C(=O)O)c(Cl)c2)n(C)n1. The van der Waals surface area contributed by atoms with Crippen LogP contribution in [0.25, 0.3) is 0 Å². The maximum Gasteiger partial charge on any atom is 0.337 e. The van der Waals surface area contributed by atoms with Gasteiger partial charge in [0.1, 0.15) is 0 Å². The van der Waals surface area contributed by atoms with E-state index in [-0.39, 0.29) is 21.2 Å². The lowest BCUT2D eigenvalue weighted by Gasteiger charge is -2.06. The van der Waals surface area contributed by atoms with Crippen molar-refractivity contribution in [3.63, 3.8) is 0 Å². The fourth-order valence-corrected chi connectivity index (χ4v) is 3.67. The fourth-order valence-electron chi connectivity index (χ4n) is 1.94. The van der Waals surface area contributed by atoms with E-state index in [1.165, 1.54) is 16.8 Å². The predicted molar refractivity (Wildman–Crippen MR) is 77.2 cm³/mol. The number of carboxylic acid groups (broad SMARTS) is 1. The van der Waals surface area contributed by atoms with Gasteiger partial charge in [0.2, 0.25) is 0 Å². The summed E-state index contributed by atoms with van der Waals surface area (Å²) in [4.78, 5) is 10.9. The van der Waals surface area contributed by atoms with E-state index in [9.17, 15) is 13.2 Å². The lowest BCUT2D eigenvalue weighted by atomic mass is 10.2. The van der Waals surface area contributed by atoms with Crippen molar-refractivity contribution in [1.82, 2.24) is 9.78 Å². The summed E-state index contributed by atoms with van der Waals surface area (Å²) in [6.45, 7) is 1.77. The van der Waals surface area contributed by atoms with Crippen LogP contribution in [0.3, 0.4) is 0 Å². The van der Waals surface area contributed by atoms with Crippen molar-refractivity contribution in [2.24, 2.45) is 7.05 Å². The van der Waals surface area contributed by atoms with Gasteiger partial charge in [0.05, 0.1) is 32.6 Å². The Morgan fingerprint density at radius 3 is 2.52 bits per heavy atom. The third-order valence-electron chi connectivity index (χ3n) is 2.97. The van der Waals surface area contributed by atoms with E-state index in [0.717, 1.165) is 11.8 Å². The Hall–Kier alpha value is -1.86. The molecule has 0 amide bonds. The van der Waals surface area contributed by atoms with Crippen LogP contribution >= 0.6 is 11.6 Å². The van der Waals surface area contributed by atoms with Crippen LogP contribution in [-0.2, 0) is 22.6 Å². The van der Waals surface area contributed by atoms with Gasteiger partial charge in [-0.05, 0) is 31.2 Å². The molecule has 0 unspecified atom stereocenters. The van der Waals surface area contributed by atoms with E-state index in [1.54, 1.807) is 20.0 Å². The van der Waals surface area contributed by atoms with Crippen LogP contribution in [-0.4, -0.2) is 29.3 Å². The summed E-state index contributed by atoms with van der Waals surface area (Å²) in [6, 6.07) is 5.27. The van der Waals surface area contributed by atoms with Crippen molar-refractivity contribution >= 4 is 27.4 Å². The number of aromatic carboxylic acids is 1. The first-order chi connectivity index (χ1) is 9.70. The molecule has 6 nitrogen and oxygen atoms in total. The van der Waals surface area contributed by atoms with Gasteiger partial charge in [-0.25, -0.2) is 13.2 Å². The highest BCUT2D eigenvalue weighted by Gasteiger charge is 2.20. The van der Waals surface area contributed by atoms with Crippen LogP contribution in [0.4, 0.5) is 0 Å². The third-order valence-corrected chi connectivity index (χ3v) is 4.93. The topological polar surface area (TPSA) is 89.3 Å². The quantitative estimate of drug-likeness (QED) is 0.927. The number of hydrogen-bond donors (Lipinski definition) is 1. The number of carbonyl (C=O) groups is 1. The van der Waals surface area contributed by atoms with Gasteiger partial charge < -0.3 is 5.11 Å². The normalized spacial score (nSPS) is 11.6. The van der Waals surface area contributed by atoms with Crippen molar-refractivity contribution in [1.29, 1.82) is 0 Å². The van der Waals surface area contributed by atoms with Crippen LogP contribution in [0.5, 0.6) is 0 Å². The Bertz CT molecular complexity index is 812. The van der Waals surface area contributed by atoms with E-state index in [0.29, 0.717) is 5.69 Å².